The number of Topliss-reactive ketones (excluding diaryl/α,β-unsaturated/α-hetero) is 2. The number of benzene rings is 1. The van der Waals surface area contributed by atoms with Crippen molar-refractivity contribution >= 4 is 40.6 Å². The van der Waals surface area contributed by atoms with Crippen LogP contribution in [-0.4, -0.2) is 113 Å². The number of carbonyl (C=O) groups is 4. The maximum atomic E-state index is 14.5. The first-order valence-corrected chi connectivity index (χ1v) is 19.9. The van der Waals surface area contributed by atoms with Crippen molar-refractivity contribution in [1.82, 2.24) is 15.2 Å². The van der Waals surface area contributed by atoms with Crippen LogP contribution in [0.3, 0.4) is 0 Å². The number of carbonyl (C=O) groups excluding carboxylic acids is 4. The summed E-state index contributed by atoms with van der Waals surface area (Å²) in [6.45, 7) is 15.9. The van der Waals surface area contributed by atoms with Crippen LogP contribution in [-0.2, 0) is 38.1 Å². The van der Waals surface area contributed by atoms with Crippen molar-refractivity contribution in [3.63, 3.8) is 0 Å². The van der Waals surface area contributed by atoms with Crippen molar-refractivity contribution in [2.24, 2.45) is 29.6 Å². The van der Waals surface area contributed by atoms with Gasteiger partial charge in [0.05, 0.1) is 36.0 Å². The minimum atomic E-state index is -1.38. The first-order valence-electron chi connectivity index (χ1n) is 19.9. The number of pyridine rings is 1. The van der Waals surface area contributed by atoms with E-state index in [0.717, 1.165) is 16.5 Å². The number of aliphatic hydroxyl groups excluding tert-OH is 1. The van der Waals surface area contributed by atoms with Crippen LogP contribution < -0.4 is 5.32 Å². The first-order chi connectivity index (χ1) is 26.3. The Morgan fingerprint density at radius 3 is 2.39 bits per heavy atom. The van der Waals surface area contributed by atoms with Crippen LogP contribution in [0.4, 0.5) is 4.79 Å². The van der Waals surface area contributed by atoms with E-state index in [2.05, 4.69) is 10.3 Å². The quantitative estimate of drug-likeness (QED) is 0.261. The molecule has 1 unspecified atom stereocenters. The number of fused-ring (bicyclic) bond motifs is 2. The Kier molecular flexibility index (Phi) is 13.5. The molecule has 0 spiro atoms. The molecule has 13 nitrogen and oxygen atoms in total. The van der Waals surface area contributed by atoms with Crippen molar-refractivity contribution in [1.29, 1.82) is 0 Å². The Hall–Kier alpha value is -3.75. The lowest BCUT2D eigenvalue weighted by Crippen LogP contribution is -2.62. The highest BCUT2D eigenvalue weighted by Crippen LogP contribution is 2.41. The molecular formula is C43H61N3O10. The minimum Gasteiger partial charge on any atom is -0.458 e. The molecule has 1 aromatic heterocycles. The number of ketones is 2. The second-order valence-electron chi connectivity index (χ2n) is 16.8. The molecule has 14 atom stereocenters. The van der Waals surface area contributed by atoms with Gasteiger partial charge in [-0.2, -0.15) is 0 Å². The molecule has 4 heterocycles. The molecule has 3 fully saturated rings. The number of alkyl carbamates (subject to hydrolysis) is 1. The van der Waals surface area contributed by atoms with Crippen LogP contribution in [0.2, 0.25) is 0 Å². The summed E-state index contributed by atoms with van der Waals surface area (Å²) < 4.78 is 31.6. The summed E-state index contributed by atoms with van der Waals surface area (Å²) in [7, 11) is 3.76. The van der Waals surface area contributed by atoms with Gasteiger partial charge in [0.2, 0.25) is 0 Å². The Morgan fingerprint density at radius 2 is 1.71 bits per heavy atom. The third-order valence-electron chi connectivity index (χ3n) is 12.5. The third kappa shape index (κ3) is 8.72. The topological polar surface area (TPSA) is 163 Å². The summed E-state index contributed by atoms with van der Waals surface area (Å²) in [6.07, 6.45) is 0.478. The molecule has 1 amide bonds. The van der Waals surface area contributed by atoms with Crippen LogP contribution in [0, 0.1) is 29.6 Å². The van der Waals surface area contributed by atoms with E-state index < -0.39 is 83.4 Å². The number of hydrogen-bond donors (Lipinski definition) is 2. The van der Waals surface area contributed by atoms with Crippen LogP contribution >= 0.6 is 0 Å². The number of para-hydroxylation sites is 1. The fraction of sp³-hybridized carbons (Fsp3) is 0.651. The standard InChI is InChI=1S/C43H61N3O10/c1-12-32-43(9)37(45-41(51)56-43)25(4)34(47)23(2)21-42(8,52-19-15-16-29-20-30-17-13-14-18-31(30)44-22-29)38(26(5)35(48)27(6)39(50)54-32)55-40-36(49)33(46(10)11)24(3)28(7)53-40/h13-18,20,22-28,32-33,36-38,40,49H,12,19,21H2,1-11H3,(H,45,51)/b16-15+/t23-,24?,25+,26+,27-,28-,32-,33+,36-,37-,38-,40+,42+,43-/m1/s1. The number of esters is 1. The van der Waals surface area contributed by atoms with Crippen LogP contribution in [0.25, 0.3) is 17.0 Å². The summed E-state index contributed by atoms with van der Waals surface area (Å²) in [5.74, 6) is -5.19. The van der Waals surface area contributed by atoms with E-state index in [1.165, 1.54) is 6.92 Å². The van der Waals surface area contributed by atoms with Gasteiger partial charge in [0.1, 0.15) is 23.9 Å². The second kappa shape index (κ2) is 17.4. The van der Waals surface area contributed by atoms with Crippen LogP contribution in [0.1, 0.15) is 80.7 Å². The minimum absolute atomic E-state index is 0.0496. The van der Waals surface area contributed by atoms with Gasteiger partial charge in [-0.1, -0.05) is 65.0 Å². The number of nitrogens with zero attached hydrogens (tertiary/aromatic N) is 2. The average Bonchev–Trinajstić information content (AvgIpc) is 3.48. The van der Waals surface area contributed by atoms with Crippen LogP contribution in [0.5, 0.6) is 0 Å². The molecule has 3 saturated heterocycles. The highest BCUT2D eigenvalue weighted by molar-refractivity contribution is 6.00. The summed E-state index contributed by atoms with van der Waals surface area (Å²) in [5, 5.41) is 15.5. The molecule has 0 saturated carbocycles. The first kappa shape index (κ1) is 43.4. The maximum Gasteiger partial charge on any atom is 0.408 e. The van der Waals surface area contributed by atoms with Gasteiger partial charge in [0, 0.05) is 41.3 Å². The van der Waals surface area contributed by atoms with E-state index in [0.29, 0.717) is 0 Å². The number of nitrogens with one attached hydrogen (secondary N) is 1. The summed E-state index contributed by atoms with van der Waals surface area (Å²) in [6, 6.07) is 8.67. The van der Waals surface area contributed by atoms with Gasteiger partial charge in [-0.3, -0.25) is 19.4 Å². The maximum absolute atomic E-state index is 14.5. The zero-order valence-corrected chi connectivity index (χ0v) is 34.7. The molecule has 3 aliphatic rings. The molecule has 2 aromatic rings. The van der Waals surface area contributed by atoms with Crippen molar-refractivity contribution < 1.29 is 48.0 Å². The zero-order valence-electron chi connectivity index (χ0n) is 34.7. The third-order valence-corrected chi connectivity index (χ3v) is 12.5. The fourth-order valence-corrected chi connectivity index (χ4v) is 9.13. The number of aliphatic hydroxyl groups is 1. The zero-order chi connectivity index (χ0) is 41.3. The van der Waals surface area contributed by atoms with Gasteiger partial charge in [-0.25, -0.2) is 4.79 Å². The smallest absolute Gasteiger partial charge is 0.408 e. The SMILES string of the molecule is CC[C@H]1OC(=O)[C@H](C)C(=O)[C@H](C)[C@@H](O[C@@H]2O[C@H](C)C(C)[C@H](N(C)C)[C@H]2O)[C@@](C)(OC/C=C/c2cnc3ccccc3c2)C[C@@H](C)C(=O)[C@H](C)[C@H]2NC(=O)O[C@@]21C. The molecule has 308 valence electrons. The Morgan fingerprint density at radius 1 is 1.02 bits per heavy atom. The number of rotatable bonds is 8. The predicted octanol–water partition coefficient (Wildman–Crippen LogP) is 5.36. The molecule has 1 aromatic carbocycles. The Balaban J connectivity index is 1.57. The van der Waals surface area contributed by atoms with Crippen molar-refractivity contribution in [3.8, 4) is 0 Å². The van der Waals surface area contributed by atoms with Gasteiger partial charge in [0.25, 0.3) is 0 Å². The lowest BCUT2D eigenvalue weighted by Gasteiger charge is -2.49. The second-order valence-corrected chi connectivity index (χ2v) is 16.8. The van der Waals surface area contributed by atoms with Gasteiger partial charge in [-0.15, -0.1) is 0 Å². The van der Waals surface area contributed by atoms with E-state index in [4.69, 9.17) is 23.7 Å². The summed E-state index contributed by atoms with van der Waals surface area (Å²) in [5.41, 5.74) is -1.01. The largest absolute Gasteiger partial charge is 0.458 e. The molecule has 3 aliphatic heterocycles. The highest BCUT2D eigenvalue weighted by Gasteiger charge is 2.57. The van der Waals surface area contributed by atoms with E-state index in [1.54, 1.807) is 47.7 Å². The number of cyclic esters (lactones) is 1. The number of likely N-dealkylation sites (N-methyl/N-ethyl adjacent to an activating group) is 1. The Labute approximate surface area is 330 Å². The number of hydrogen-bond acceptors (Lipinski definition) is 12. The molecule has 2 N–H and O–H groups in total. The lowest BCUT2D eigenvalue weighted by atomic mass is 9.73. The van der Waals surface area contributed by atoms with Gasteiger partial charge < -0.3 is 39.0 Å². The number of aromatic nitrogens is 1. The van der Waals surface area contributed by atoms with Gasteiger partial charge in [0.15, 0.2) is 17.7 Å². The van der Waals surface area contributed by atoms with Crippen LogP contribution in [0.15, 0.2) is 42.6 Å². The van der Waals surface area contributed by atoms with Crippen molar-refractivity contribution in [2.75, 3.05) is 20.7 Å². The normalized spacial score (nSPS) is 38.9. The van der Waals surface area contributed by atoms with E-state index in [1.807, 2.05) is 75.3 Å². The molecule has 0 radical (unpaired) electrons. The van der Waals surface area contributed by atoms with Crippen molar-refractivity contribution in [2.45, 2.75) is 129 Å². The van der Waals surface area contributed by atoms with Gasteiger partial charge in [-0.05, 0) is 72.3 Å². The van der Waals surface area contributed by atoms with E-state index >= 15 is 0 Å². The molecular weight excluding hydrogens is 718 g/mol. The predicted molar refractivity (Wildman–Crippen MR) is 210 cm³/mol. The van der Waals surface area contributed by atoms with E-state index in [9.17, 15) is 24.3 Å². The Bertz CT molecular complexity index is 1780. The lowest BCUT2D eigenvalue weighted by molar-refractivity contribution is -0.306. The van der Waals surface area contributed by atoms with Crippen molar-refractivity contribution in [3.05, 3.63) is 48.2 Å². The number of amides is 1. The van der Waals surface area contributed by atoms with E-state index in [-0.39, 0.29) is 43.3 Å². The summed E-state index contributed by atoms with van der Waals surface area (Å²) in [4.78, 5) is 62.0. The molecule has 13 heteroatoms. The highest BCUT2D eigenvalue weighted by atomic mass is 16.7. The molecule has 0 bridgehead atoms. The molecule has 0 aliphatic carbocycles. The molecule has 5 rings (SSSR count). The monoisotopic (exact) mass is 779 g/mol. The fourth-order valence-electron chi connectivity index (χ4n) is 9.13. The average molecular weight is 780 g/mol. The summed E-state index contributed by atoms with van der Waals surface area (Å²) >= 11 is 0. The van der Waals surface area contributed by atoms with Gasteiger partial charge >= 0.3 is 12.1 Å². The number of ether oxygens (including phenoxy) is 5. The molecule has 56 heavy (non-hydrogen) atoms.